The first-order valence-electron chi connectivity index (χ1n) is 6.13. The van der Waals surface area contributed by atoms with E-state index in [1.165, 1.54) is 12.4 Å². The molecule has 2 rings (SSSR count). The lowest BCUT2D eigenvalue weighted by Crippen LogP contribution is -2.41. The van der Waals surface area contributed by atoms with E-state index >= 15 is 0 Å². The second kappa shape index (κ2) is 5.82. The molecule has 1 aliphatic rings. The molecule has 0 aliphatic carbocycles. The molecular formula is C13H18N2O3. The van der Waals surface area contributed by atoms with E-state index in [0.29, 0.717) is 24.6 Å². The van der Waals surface area contributed by atoms with Crippen LogP contribution in [0.4, 0.5) is 0 Å². The average molecular weight is 250 g/mol. The zero-order valence-electron chi connectivity index (χ0n) is 10.5. The fourth-order valence-corrected chi connectivity index (χ4v) is 2.36. The van der Waals surface area contributed by atoms with Gasteiger partial charge in [-0.2, -0.15) is 0 Å². The predicted octanol–water partition coefficient (Wildman–Crippen LogP) is 1.29. The minimum absolute atomic E-state index is 0.0589. The monoisotopic (exact) mass is 250 g/mol. The van der Waals surface area contributed by atoms with E-state index in [1.54, 1.807) is 18.1 Å². The lowest BCUT2D eigenvalue weighted by molar-refractivity contribution is 0.0568. The van der Waals surface area contributed by atoms with Crippen molar-refractivity contribution >= 4 is 5.91 Å². The molecule has 5 heteroatoms. The van der Waals surface area contributed by atoms with E-state index in [4.69, 9.17) is 4.74 Å². The molecule has 2 heterocycles. The molecule has 1 aromatic rings. The summed E-state index contributed by atoms with van der Waals surface area (Å²) in [5, 5.41) is 9.65. The number of methoxy groups -OCH3 is 1. The first-order valence-corrected chi connectivity index (χ1v) is 6.13. The Hall–Kier alpha value is -1.62. The molecule has 1 N–H and O–H groups in total. The van der Waals surface area contributed by atoms with E-state index < -0.39 is 0 Å². The number of ether oxygens (including phenoxy) is 1. The summed E-state index contributed by atoms with van der Waals surface area (Å²) in [4.78, 5) is 17.8. The number of nitrogens with zero attached hydrogens (tertiary/aromatic N) is 2. The summed E-state index contributed by atoms with van der Waals surface area (Å²) in [7, 11) is 1.68. The molecule has 0 saturated carbocycles. The number of aromatic hydroxyl groups is 1. The largest absolute Gasteiger partial charge is 0.505 e. The van der Waals surface area contributed by atoms with Crippen LogP contribution in [0.5, 0.6) is 5.75 Å². The van der Waals surface area contributed by atoms with Crippen LogP contribution >= 0.6 is 0 Å². The Labute approximate surface area is 106 Å². The van der Waals surface area contributed by atoms with Gasteiger partial charge in [0.15, 0.2) is 0 Å². The maximum Gasteiger partial charge on any atom is 0.257 e. The Balaban J connectivity index is 2.07. The van der Waals surface area contributed by atoms with E-state index in [1.807, 2.05) is 0 Å². The second-order valence-corrected chi connectivity index (χ2v) is 4.61. The van der Waals surface area contributed by atoms with Crippen LogP contribution in [-0.2, 0) is 4.74 Å². The Kier molecular flexibility index (Phi) is 4.15. The number of piperidine rings is 1. The van der Waals surface area contributed by atoms with Gasteiger partial charge in [-0.15, -0.1) is 0 Å². The third-order valence-electron chi connectivity index (χ3n) is 3.24. The quantitative estimate of drug-likeness (QED) is 0.878. The van der Waals surface area contributed by atoms with Crippen LogP contribution in [0.2, 0.25) is 0 Å². The fraction of sp³-hybridized carbons (Fsp3) is 0.538. The van der Waals surface area contributed by atoms with E-state index in [9.17, 15) is 9.90 Å². The van der Waals surface area contributed by atoms with Gasteiger partial charge in [0.2, 0.25) is 0 Å². The highest BCUT2D eigenvalue weighted by atomic mass is 16.5. The molecule has 0 radical (unpaired) electrons. The van der Waals surface area contributed by atoms with Gasteiger partial charge < -0.3 is 14.7 Å². The number of hydrogen-bond donors (Lipinski definition) is 1. The van der Waals surface area contributed by atoms with Crippen molar-refractivity contribution in [3.63, 3.8) is 0 Å². The third kappa shape index (κ3) is 2.79. The summed E-state index contributed by atoms with van der Waals surface area (Å²) >= 11 is 0. The third-order valence-corrected chi connectivity index (χ3v) is 3.24. The van der Waals surface area contributed by atoms with Gasteiger partial charge in [-0.05, 0) is 24.8 Å². The molecule has 1 aliphatic heterocycles. The van der Waals surface area contributed by atoms with Gasteiger partial charge in [0, 0.05) is 26.4 Å². The Morgan fingerprint density at radius 1 is 1.67 bits per heavy atom. The Bertz CT molecular complexity index is 420. The summed E-state index contributed by atoms with van der Waals surface area (Å²) in [5.74, 6) is 0.198. The van der Waals surface area contributed by atoms with Gasteiger partial charge in [0.25, 0.3) is 5.91 Å². The van der Waals surface area contributed by atoms with Crippen molar-refractivity contribution in [1.29, 1.82) is 0 Å². The molecule has 0 bridgehead atoms. The highest BCUT2D eigenvalue weighted by molar-refractivity contribution is 5.96. The van der Waals surface area contributed by atoms with Gasteiger partial charge in [0.05, 0.1) is 18.4 Å². The highest BCUT2D eigenvalue weighted by Gasteiger charge is 2.25. The molecule has 1 amide bonds. The van der Waals surface area contributed by atoms with Crippen molar-refractivity contribution in [2.45, 2.75) is 12.8 Å². The maximum atomic E-state index is 12.3. The molecule has 1 saturated heterocycles. The number of rotatable bonds is 3. The number of carbonyl (C=O) groups excluding carboxylic acids is 1. The number of aromatic nitrogens is 1. The Morgan fingerprint density at radius 3 is 3.22 bits per heavy atom. The SMILES string of the molecule is COCC1CCCN(C(=O)c2ccncc2O)C1. The van der Waals surface area contributed by atoms with Crippen LogP contribution in [0.3, 0.4) is 0 Å². The molecule has 1 aromatic heterocycles. The van der Waals surface area contributed by atoms with Gasteiger partial charge in [-0.1, -0.05) is 0 Å². The van der Waals surface area contributed by atoms with Crippen molar-refractivity contribution in [2.24, 2.45) is 5.92 Å². The fourth-order valence-electron chi connectivity index (χ4n) is 2.36. The van der Waals surface area contributed by atoms with Crippen LogP contribution in [0.15, 0.2) is 18.5 Å². The van der Waals surface area contributed by atoms with Crippen LogP contribution in [-0.4, -0.2) is 47.7 Å². The maximum absolute atomic E-state index is 12.3. The van der Waals surface area contributed by atoms with Crippen LogP contribution in [0.1, 0.15) is 23.2 Å². The number of amides is 1. The summed E-state index contributed by atoms with van der Waals surface area (Å²) < 4.78 is 5.14. The first-order chi connectivity index (χ1) is 8.72. The molecule has 0 aromatic carbocycles. The number of likely N-dealkylation sites (tertiary alicyclic amines) is 1. The minimum Gasteiger partial charge on any atom is -0.505 e. The predicted molar refractivity (Wildman–Crippen MR) is 66.4 cm³/mol. The summed E-state index contributed by atoms with van der Waals surface area (Å²) in [5.41, 5.74) is 0.322. The van der Waals surface area contributed by atoms with Crippen LogP contribution < -0.4 is 0 Å². The number of carbonyl (C=O) groups is 1. The molecule has 98 valence electrons. The van der Waals surface area contributed by atoms with Gasteiger partial charge >= 0.3 is 0 Å². The van der Waals surface area contributed by atoms with E-state index in [2.05, 4.69) is 4.98 Å². The first kappa shape index (κ1) is 12.8. The van der Waals surface area contributed by atoms with Crippen molar-refractivity contribution in [1.82, 2.24) is 9.88 Å². The lowest BCUT2D eigenvalue weighted by Gasteiger charge is -2.32. The van der Waals surface area contributed by atoms with Crippen molar-refractivity contribution in [2.75, 3.05) is 26.8 Å². The zero-order chi connectivity index (χ0) is 13.0. The molecule has 1 atom stereocenters. The standard InChI is InChI=1S/C13H18N2O3/c1-18-9-10-3-2-6-15(8-10)13(17)11-4-5-14-7-12(11)16/h4-5,7,10,16H,2-3,6,8-9H2,1H3. The minimum atomic E-state index is -0.129. The Morgan fingerprint density at radius 2 is 2.50 bits per heavy atom. The van der Waals surface area contributed by atoms with E-state index in [0.717, 1.165) is 19.4 Å². The summed E-state index contributed by atoms with van der Waals surface area (Å²) in [6.07, 6.45) is 4.87. The summed E-state index contributed by atoms with van der Waals surface area (Å²) in [6.45, 7) is 2.10. The van der Waals surface area contributed by atoms with Crippen LogP contribution in [0.25, 0.3) is 0 Å². The average Bonchev–Trinajstić information content (AvgIpc) is 2.39. The number of hydrogen-bond acceptors (Lipinski definition) is 4. The van der Waals surface area contributed by atoms with Crippen molar-refractivity contribution < 1.29 is 14.6 Å². The van der Waals surface area contributed by atoms with Gasteiger partial charge in [-0.25, -0.2) is 0 Å². The molecule has 1 unspecified atom stereocenters. The molecule has 0 spiro atoms. The highest BCUT2D eigenvalue weighted by Crippen LogP contribution is 2.22. The number of pyridine rings is 1. The van der Waals surface area contributed by atoms with Crippen LogP contribution in [0, 0.1) is 5.92 Å². The topological polar surface area (TPSA) is 62.7 Å². The van der Waals surface area contributed by atoms with Gasteiger partial charge in [-0.3, -0.25) is 9.78 Å². The lowest BCUT2D eigenvalue weighted by atomic mass is 9.98. The van der Waals surface area contributed by atoms with Crippen molar-refractivity contribution in [3.8, 4) is 5.75 Å². The molecule has 18 heavy (non-hydrogen) atoms. The second-order valence-electron chi connectivity index (χ2n) is 4.61. The molecular weight excluding hydrogens is 232 g/mol. The van der Waals surface area contributed by atoms with E-state index in [-0.39, 0.29) is 11.7 Å². The van der Waals surface area contributed by atoms with Gasteiger partial charge in [0.1, 0.15) is 5.75 Å². The smallest absolute Gasteiger partial charge is 0.257 e. The van der Waals surface area contributed by atoms with Crippen molar-refractivity contribution in [3.05, 3.63) is 24.0 Å². The molecule has 1 fully saturated rings. The summed E-state index contributed by atoms with van der Waals surface area (Å²) in [6, 6.07) is 1.55. The molecule has 5 nitrogen and oxygen atoms in total. The normalized spacial score (nSPS) is 19.8. The zero-order valence-corrected chi connectivity index (χ0v) is 10.5.